The Labute approximate surface area is 158 Å². The zero-order chi connectivity index (χ0) is 19.3. The van der Waals surface area contributed by atoms with Crippen LogP contribution in [0.4, 0.5) is 18.3 Å². The van der Waals surface area contributed by atoms with Crippen molar-refractivity contribution >= 4 is 44.6 Å². The standard InChI is InChI=1S/C15H13BrF3N3O3S/c1-2-25-12(23)5-10-7-26-14(21-10)22-20-6-8-3-9(16)4-11(13(8)24)15(17,18)19/h3-4,6-7,24H,2,5H2,1H3,(H,21,22). The Morgan fingerprint density at radius 2 is 2.23 bits per heavy atom. The van der Waals surface area contributed by atoms with Crippen molar-refractivity contribution in [3.05, 3.63) is 38.8 Å². The molecule has 6 nitrogen and oxygen atoms in total. The van der Waals surface area contributed by atoms with Crippen LogP contribution in [0.5, 0.6) is 5.75 Å². The molecule has 0 aliphatic rings. The van der Waals surface area contributed by atoms with Gasteiger partial charge in [-0.1, -0.05) is 15.9 Å². The van der Waals surface area contributed by atoms with Crippen molar-refractivity contribution in [3.8, 4) is 5.75 Å². The highest BCUT2D eigenvalue weighted by molar-refractivity contribution is 9.10. The van der Waals surface area contributed by atoms with Crippen molar-refractivity contribution in [3.63, 3.8) is 0 Å². The van der Waals surface area contributed by atoms with Gasteiger partial charge in [0, 0.05) is 15.4 Å². The molecule has 11 heteroatoms. The average Bonchev–Trinajstić information content (AvgIpc) is 2.96. The van der Waals surface area contributed by atoms with Gasteiger partial charge in [-0.2, -0.15) is 18.3 Å². The molecule has 2 aromatic rings. The van der Waals surface area contributed by atoms with Crippen LogP contribution in [-0.2, 0) is 22.1 Å². The average molecular weight is 452 g/mol. The number of phenols is 1. The van der Waals surface area contributed by atoms with Crippen LogP contribution in [-0.4, -0.2) is 28.9 Å². The fourth-order valence-corrected chi connectivity index (χ4v) is 3.03. The summed E-state index contributed by atoms with van der Waals surface area (Å²) in [5.41, 5.74) is 1.73. The molecule has 0 atom stereocenters. The molecule has 0 aliphatic carbocycles. The summed E-state index contributed by atoms with van der Waals surface area (Å²) in [6.45, 7) is 1.97. The molecule has 1 aromatic heterocycles. The lowest BCUT2D eigenvalue weighted by Gasteiger charge is -2.11. The third-order valence-electron chi connectivity index (χ3n) is 2.96. The molecule has 0 radical (unpaired) electrons. The highest BCUT2D eigenvalue weighted by Gasteiger charge is 2.35. The number of ether oxygens (including phenoxy) is 1. The van der Waals surface area contributed by atoms with Gasteiger partial charge in [0.05, 0.1) is 30.5 Å². The van der Waals surface area contributed by atoms with E-state index in [1.54, 1.807) is 12.3 Å². The number of alkyl halides is 3. The minimum Gasteiger partial charge on any atom is -0.507 e. The summed E-state index contributed by atoms with van der Waals surface area (Å²) in [6, 6.07) is 2.08. The lowest BCUT2D eigenvalue weighted by molar-refractivity contribution is -0.142. The van der Waals surface area contributed by atoms with Crippen molar-refractivity contribution in [2.45, 2.75) is 19.5 Å². The van der Waals surface area contributed by atoms with E-state index in [1.165, 1.54) is 6.07 Å². The van der Waals surface area contributed by atoms with Crippen LogP contribution >= 0.6 is 27.3 Å². The van der Waals surface area contributed by atoms with Crippen LogP contribution in [0.2, 0.25) is 0 Å². The molecule has 2 N–H and O–H groups in total. The number of halogens is 4. The monoisotopic (exact) mass is 451 g/mol. The Morgan fingerprint density at radius 3 is 2.88 bits per heavy atom. The molecule has 0 amide bonds. The Kier molecular flexibility index (Phi) is 6.59. The van der Waals surface area contributed by atoms with Crippen molar-refractivity contribution in [1.82, 2.24) is 4.98 Å². The van der Waals surface area contributed by atoms with E-state index in [9.17, 15) is 23.1 Å². The van der Waals surface area contributed by atoms with Crippen LogP contribution in [0.25, 0.3) is 0 Å². The summed E-state index contributed by atoms with van der Waals surface area (Å²) in [4.78, 5) is 15.5. The highest BCUT2D eigenvalue weighted by atomic mass is 79.9. The van der Waals surface area contributed by atoms with Gasteiger partial charge in [0.2, 0.25) is 5.13 Å². The largest absolute Gasteiger partial charge is 0.507 e. The van der Waals surface area contributed by atoms with Crippen LogP contribution in [0.15, 0.2) is 27.1 Å². The molecule has 0 bridgehead atoms. The van der Waals surface area contributed by atoms with Crippen molar-refractivity contribution in [2.24, 2.45) is 5.10 Å². The van der Waals surface area contributed by atoms with E-state index >= 15 is 0 Å². The number of rotatable bonds is 6. The minimum atomic E-state index is -4.69. The number of nitrogens with one attached hydrogen (secondary N) is 1. The molecular weight excluding hydrogens is 439 g/mol. The first-order valence-electron chi connectivity index (χ1n) is 7.19. The Bertz CT molecular complexity index is 824. The summed E-state index contributed by atoms with van der Waals surface area (Å²) in [7, 11) is 0. The maximum Gasteiger partial charge on any atom is 0.420 e. The molecule has 1 aromatic carbocycles. The number of carbonyl (C=O) groups excluding carboxylic acids is 1. The second-order valence-corrected chi connectivity index (χ2v) is 6.66. The summed E-state index contributed by atoms with van der Waals surface area (Å²) in [5, 5.41) is 15.5. The molecule has 2 rings (SSSR count). The molecule has 140 valence electrons. The molecule has 0 saturated carbocycles. The number of benzene rings is 1. The van der Waals surface area contributed by atoms with Gasteiger partial charge >= 0.3 is 12.1 Å². The number of hydrogen-bond donors (Lipinski definition) is 2. The van der Waals surface area contributed by atoms with Crippen molar-refractivity contribution in [2.75, 3.05) is 12.0 Å². The summed E-state index contributed by atoms with van der Waals surface area (Å²) in [6.07, 6.45) is -3.64. The summed E-state index contributed by atoms with van der Waals surface area (Å²) < 4.78 is 43.6. The third kappa shape index (κ3) is 5.43. The number of nitrogens with zero attached hydrogens (tertiary/aromatic N) is 2. The minimum absolute atomic E-state index is 0.0110. The molecule has 0 saturated heterocycles. The molecule has 0 aliphatic heterocycles. The maximum atomic E-state index is 12.9. The highest BCUT2D eigenvalue weighted by Crippen LogP contribution is 2.39. The van der Waals surface area contributed by atoms with Gasteiger partial charge in [-0.3, -0.25) is 10.2 Å². The maximum absolute atomic E-state index is 12.9. The number of hydrazone groups is 1. The van der Waals surface area contributed by atoms with Gasteiger partial charge in [0.25, 0.3) is 0 Å². The van der Waals surface area contributed by atoms with Gasteiger partial charge in [0.1, 0.15) is 5.75 Å². The predicted octanol–water partition coefficient (Wildman–Crippen LogP) is 4.18. The predicted molar refractivity (Wildman–Crippen MR) is 94.5 cm³/mol. The number of aromatic nitrogens is 1. The number of carbonyl (C=O) groups is 1. The SMILES string of the molecule is CCOC(=O)Cc1csc(NN=Cc2cc(Br)cc(C(F)(F)F)c2O)n1. The number of phenolic OH excluding ortho intramolecular Hbond substituents is 1. The Morgan fingerprint density at radius 1 is 1.50 bits per heavy atom. The van der Waals surface area contributed by atoms with Crippen LogP contribution in [0, 0.1) is 0 Å². The zero-order valence-electron chi connectivity index (χ0n) is 13.3. The summed E-state index contributed by atoms with van der Waals surface area (Å²) >= 11 is 4.13. The van der Waals surface area contributed by atoms with Crippen molar-refractivity contribution in [1.29, 1.82) is 0 Å². The topological polar surface area (TPSA) is 83.8 Å². The second-order valence-electron chi connectivity index (χ2n) is 4.88. The van der Waals surface area contributed by atoms with E-state index < -0.39 is 23.5 Å². The first-order chi connectivity index (χ1) is 12.2. The van der Waals surface area contributed by atoms with E-state index in [1.807, 2.05) is 0 Å². The molecular formula is C15H13BrF3N3O3S. The van der Waals surface area contributed by atoms with Gasteiger partial charge in [0.15, 0.2) is 0 Å². The lowest BCUT2D eigenvalue weighted by atomic mass is 10.1. The van der Waals surface area contributed by atoms with Crippen LogP contribution in [0.3, 0.4) is 0 Å². The van der Waals surface area contributed by atoms with E-state index in [0.29, 0.717) is 10.8 Å². The van der Waals surface area contributed by atoms with Gasteiger partial charge < -0.3 is 9.84 Å². The third-order valence-corrected chi connectivity index (χ3v) is 4.21. The molecule has 26 heavy (non-hydrogen) atoms. The number of anilines is 1. The molecule has 0 unspecified atom stereocenters. The number of esters is 1. The molecule has 1 heterocycles. The summed E-state index contributed by atoms with van der Waals surface area (Å²) in [5.74, 6) is -1.33. The van der Waals surface area contributed by atoms with Gasteiger partial charge in [-0.05, 0) is 19.1 Å². The Hall–Kier alpha value is -2.14. The zero-order valence-corrected chi connectivity index (χ0v) is 15.7. The molecule has 0 spiro atoms. The van der Waals surface area contributed by atoms with E-state index in [-0.39, 0.29) is 23.1 Å². The number of hydrogen-bond acceptors (Lipinski definition) is 7. The fraction of sp³-hybridized carbons (Fsp3) is 0.267. The van der Waals surface area contributed by atoms with E-state index in [2.05, 4.69) is 31.4 Å². The first kappa shape index (κ1) is 20.2. The number of aromatic hydroxyl groups is 1. The van der Waals surface area contributed by atoms with Gasteiger partial charge in [-0.25, -0.2) is 4.98 Å². The van der Waals surface area contributed by atoms with Crippen LogP contribution in [0.1, 0.15) is 23.7 Å². The lowest BCUT2D eigenvalue weighted by Crippen LogP contribution is -2.07. The van der Waals surface area contributed by atoms with Crippen molar-refractivity contribution < 1.29 is 27.8 Å². The van der Waals surface area contributed by atoms with Gasteiger partial charge in [-0.15, -0.1) is 11.3 Å². The fourth-order valence-electron chi connectivity index (χ4n) is 1.89. The first-order valence-corrected chi connectivity index (χ1v) is 8.86. The second kappa shape index (κ2) is 8.49. The molecule has 0 fully saturated rings. The Balaban J connectivity index is 2.09. The van der Waals surface area contributed by atoms with E-state index in [4.69, 9.17) is 4.74 Å². The van der Waals surface area contributed by atoms with Crippen LogP contribution < -0.4 is 5.43 Å². The normalized spacial score (nSPS) is 11.7. The quantitative estimate of drug-likeness (QED) is 0.391. The van der Waals surface area contributed by atoms with E-state index in [0.717, 1.165) is 23.6 Å². The number of thiazole rings is 1. The smallest absolute Gasteiger partial charge is 0.420 e.